The zero-order chi connectivity index (χ0) is 23.3. The first kappa shape index (κ1) is 20.2. The summed E-state index contributed by atoms with van der Waals surface area (Å²) in [7, 11) is 2.91. The average Bonchev–Trinajstić information content (AvgIpc) is 3.67. The van der Waals surface area contributed by atoms with E-state index in [1.54, 1.807) is 9.80 Å². The molecule has 0 aromatic heterocycles. The van der Waals surface area contributed by atoms with E-state index in [2.05, 4.69) is 0 Å². The molecule has 7 saturated heterocycles. The van der Waals surface area contributed by atoms with Gasteiger partial charge in [-0.25, -0.2) is 0 Å². The van der Waals surface area contributed by atoms with E-state index in [1.807, 2.05) is 12.2 Å². The Morgan fingerprint density at radius 1 is 0.824 bits per heavy atom. The van der Waals surface area contributed by atoms with Gasteiger partial charge in [-0.15, -0.1) is 0 Å². The summed E-state index contributed by atoms with van der Waals surface area (Å²) in [5.41, 5.74) is 1.85. The normalized spacial score (nSPS) is 50.2. The molecule has 2 aliphatic carbocycles. The van der Waals surface area contributed by atoms with E-state index < -0.39 is 21.9 Å². The molecule has 178 valence electrons. The van der Waals surface area contributed by atoms with E-state index in [0.717, 1.165) is 11.1 Å². The van der Waals surface area contributed by atoms with Crippen molar-refractivity contribution in [2.24, 2.45) is 0 Å². The minimum absolute atomic E-state index is 0.0824. The van der Waals surface area contributed by atoms with Gasteiger partial charge in [0, 0.05) is 26.7 Å². The van der Waals surface area contributed by atoms with E-state index in [-0.39, 0.29) is 60.3 Å². The molecule has 2 bridgehead atoms. The Bertz CT molecular complexity index is 1100. The molecule has 7 aliphatic heterocycles. The molecule has 0 unspecified atom stereocenters. The summed E-state index contributed by atoms with van der Waals surface area (Å²) in [6, 6.07) is -0.646. The lowest BCUT2D eigenvalue weighted by Gasteiger charge is -2.58. The molecule has 2 amide bonds. The highest BCUT2D eigenvalue weighted by atomic mass is 33.1. The van der Waals surface area contributed by atoms with Gasteiger partial charge >= 0.3 is 11.9 Å². The molecule has 0 saturated carbocycles. The Kier molecular flexibility index (Phi) is 3.58. The number of epoxide rings is 2. The van der Waals surface area contributed by atoms with Crippen molar-refractivity contribution in [2.75, 3.05) is 0 Å². The van der Waals surface area contributed by atoms with Crippen LogP contribution in [0, 0.1) is 0 Å². The topological polar surface area (TPSA) is 118 Å². The number of carbonyl (C=O) groups is 4. The van der Waals surface area contributed by atoms with E-state index in [4.69, 9.17) is 18.9 Å². The summed E-state index contributed by atoms with van der Waals surface area (Å²) in [6.45, 7) is 2.73. The zero-order valence-corrected chi connectivity index (χ0v) is 19.8. The van der Waals surface area contributed by atoms with E-state index in [0.29, 0.717) is 12.8 Å². The largest absolute Gasteiger partial charge is 0.455 e. The number of esters is 2. The highest BCUT2D eigenvalue weighted by Crippen LogP contribution is 2.71. The summed E-state index contributed by atoms with van der Waals surface area (Å²) in [5.74, 6) is -0.936. The lowest BCUT2D eigenvalue weighted by atomic mass is 9.91. The molecule has 9 rings (SSSR count). The van der Waals surface area contributed by atoms with Crippen LogP contribution in [0.3, 0.4) is 0 Å². The number of ether oxygens (including phenoxy) is 4. The zero-order valence-electron chi connectivity index (χ0n) is 18.2. The van der Waals surface area contributed by atoms with Crippen LogP contribution >= 0.6 is 21.6 Å². The van der Waals surface area contributed by atoms with Gasteiger partial charge in [0.05, 0.1) is 12.1 Å². The monoisotopic (exact) mass is 504 g/mol. The molecule has 12 heteroatoms. The van der Waals surface area contributed by atoms with Gasteiger partial charge in [0.1, 0.15) is 36.6 Å². The Morgan fingerprint density at radius 2 is 1.24 bits per heavy atom. The van der Waals surface area contributed by atoms with Crippen molar-refractivity contribution in [3.63, 3.8) is 0 Å². The molecule has 0 N–H and O–H groups in total. The highest BCUT2D eigenvalue weighted by molar-refractivity contribution is 8.78. The number of amides is 2. The molecule has 2 spiro atoms. The van der Waals surface area contributed by atoms with Crippen molar-refractivity contribution < 1.29 is 38.1 Å². The van der Waals surface area contributed by atoms with Crippen LogP contribution in [0.4, 0.5) is 0 Å². The number of hydrogen-bond donors (Lipinski definition) is 0. The summed E-state index contributed by atoms with van der Waals surface area (Å²) in [4.78, 5) is 52.9. The molecule has 10 atom stereocenters. The van der Waals surface area contributed by atoms with Crippen LogP contribution < -0.4 is 0 Å². The standard InChI is InChI=1S/C22H20N2O8S2/c1-7(25)29-11-3-9-5-21-19(27)24-14-10(4-12(30-8(2)26)16-18(14)32-16)6-22(24,34-33-21)20(28)23(21)13(9)17-15(11)31-17/h3-4,11-18H,5-6H2,1-2H3/t11-,12-,13-,14-,15-,16-,17+,18+,21+,22+/m0/s1. The number of hydrogen-bond acceptors (Lipinski definition) is 10. The molecule has 7 heterocycles. The molecule has 9 aliphatic rings. The summed E-state index contributed by atoms with van der Waals surface area (Å²) >= 11 is 0. The number of rotatable bonds is 2. The summed E-state index contributed by atoms with van der Waals surface area (Å²) in [5, 5.41) is 0. The van der Waals surface area contributed by atoms with E-state index in [1.165, 1.54) is 35.4 Å². The van der Waals surface area contributed by atoms with Crippen LogP contribution in [0.5, 0.6) is 0 Å². The molecule has 0 aromatic carbocycles. The fourth-order valence-electron chi connectivity index (χ4n) is 6.91. The van der Waals surface area contributed by atoms with Gasteiger partial charge in [-0.3, -0.25) is 19.2 Å². The number of piperazine rings is 1. The Hall–Kier alpha value is -2.02. The van der Waals surface area contributed by atoms with Crippen molar-refractivity contribution in [1.82, 2.24) is 9.80 Å². The molecule has 7 fully saturated rings. The van der Waals surface area contributed by atoms with Crippen molar-refractivity contribution in [2.45, 2.75) is 85.1 Å². The third-order valence-corrected chi connectivity index (χ3v) is 11.7. The molecule has 0 radical (unpaired) electrons. The first-order valence-corrected chi connectivity index (χ1v) is 13.5. The second kappa shape index (κ2) is 6.03. The predicted octanol–water partition coefficient (Wildman–Crippen LogP) is 0.268. The molecule has 10 nitrogen and oxygen atoms in total. The van der Waals surface area contributed by atoms with Gasteiger partial charge < -0.3 is 28.7 Å². The first-order valence-electron chi connectivity index (χ1n) is 11.4. The maximum Gasteiger partial charge on any atom is 0.303 e. The van der Waals surface area contributed by atoms with Gasteiger partial charge in [-0.05, 0) is 23.3 Å². The average molecular weight is 505 g/mol. The first-order chi connectivity index (χ1) is 16.2. The van der Waals surface area contributed by atoms with Crippen LogP contribution in [-0.2, 0) is 38.1 Å². The number of nitrogens with zero attached hydrogens (tertiary/aromatic N) is 2. The third kappa shape index (κ3) is 2.20. The third-order valence-electron chi connectivity index (χ3n) is 8.16. The summed E-state index contributed by atoms with van der Waals surface area (Å²) < 4.78 is 22.6. The molecular formula is C22H20N2O8S2. The molecule has 34 heavy (non-hydrogen) atoms. The predicted molar refractivity (Wildman–Crippen MR) is 116 cm³/mol. The van der Waals surface area contributed by atoms with Crippen LogP contribution in [0.2, 0.25) is 0 Å². The van der Waals surface area contributed by atoms with Crippen LogP contribution in [0.1, 0.15) is 26.7 Å². The van der Waals surface area contributed by atoms with Crippen LogP contribution in [-0.4, -0.2) is 92.0 Å². The Labute approximate surface area is 201 Å². The van der Waals surface area contributed by atoms with Crippen molar-refractivity contribution in [3.8, 4) is 0 Å². The van der Waals surface area contributed by atoms with Gasteiger partial charge in [0.15, 0.2) is 9.74 Å². The van der Waals surface area contributed by atoms with Crippen molar-refractivity contribution in [1.29, 1.82) is 0 Å². The smallest absolute Gasteiger partial charge is 0.303 e. The lowest BCUT2D eigenvalue weighted by molar-refractivity contribution is -0.166. The van der Waals surface area contributed by atoms with Crippen LogP contribution in [0.15, 0.2) is 23.3 Å². The maximum absolute atomic E-state index is 14.2. The van der Waals surface area contributed by atoms with Crippen molar-refractivity contribution >= 4 is 45.3 Å². The maximum atomic E-state index is 14.2. The second-order valence-corrected chi connectivity index (χ2v) is 12.8. The number of carbonyl (C=O) groups excluding carboxylic acids is 4. The van der Waals surface area contributed by atoms with E-state index in [9.17, 15) is 19.2 Å². The molecule has 0 aromatic rings. The van der Waals surface area contributed by atoms with E-state index >= 15 is 0 Å². The van der Waals surface area contributed by atoms with Crippen molar-refractivity contribution in [3.05, 3.63) is 23.3 Å². The highest BCUT2D eigenvalue weighted by Gasteiger charge is 2.80. The van der Waals surface area contributed by atoms with Gasteiger partial charge in [-0.1, -0.05) is 21.6 Å². The lowest BCUT2D eigenvalue weighted by Crippen LogP contribution is -2.76. The minimum atomic E-state index is -1.05. The summed E-state index contributed by atoms with van der Waals surface area (Å²) in [6.07, 6.45) is 2.41. The van der Waals surface area contributed by atoms with Gasteiger partial charge in [0.2, 0.25) is 0 Å². The fraction of sp³-hybridized carbons (Fsp3) is 0.636. The molecular weight excluding hydrogens is 484 g/mol. The fourth-order valence-corrected chi connectivity index (χ4v) is 10.6. The quantitative estimate of drug-likeness (QED) is 0.224. The second-order valence-electron chi connectivity index (χ2n) is 10.1. The van der Waals surface area contributed by atoms with Gasteiger partial charge in [0.25, 0.3) is 11.8 Å². The van der Waals surface area contributed by atoms with Crippen LogP contribution in [0.25, 0.3) is 0 Å². The number of fused-ring (bicyclic) bond motifs is 7. The minimum Gasteiger partial charge on any atom is -0.455 e. The Morgan fingerprint density at radius 3 is 1.62 bits per heavy atom. The van der Waals surface area contributed by atoms with Gasteiger partial charge in [-0.2, -0.15) is 0 Å². The SMILES string of the molecule is CC(=O)O[C@H]1C=C2C[C@@]34SS[C@]5(CC6=C[C@H](OC(C)=O)[C@@H]7O[C@@H]7[C@H]6N5C3=O)C(=O)N4[C@@H]2[C@H]2O[C@H]21. The Balaban J connectivity index is 1.20.